The number of aromatic nitrogens is 2. The zero-order valence-electron chi connectivity index (χ0n) is 16.0. The molecule has 0 aliphatic carbocycles. The van der Waals surface area contributed by atoms with Gasteiger partial charge < -0.3 is 19.3 Å². The fraction of sp³-hybridized carbons (Fsp3) is 0.286. The maximum atomic E-state index is 12.1. The minimum atomic E-state index is -0.0592. The van der Waals surface area contributed by atoms with E-state index in [0.29, 0.717) is 31.1 Å². The first-order valence-corrected chi connectivity index (χ1v) is 9.05. The van der Waals surface area contributed by atoms with Gasteiger partial charge in [0, 0.05) is 24.9 Å². The normalized spacial score (nSPS) is 10.5. The highest BCUT2D eigenvalue weighted by atomic mass is 16.5. The van der Waals surface area contributed by atoms with E-state index in [9.17, 15) is 4.79 Å². The number of nitrogens with one attached hydrogen (secondary N) is 1. The summed E-state index contributed by atoms with van der Waals surface area (Å²) in [4.78, 5) is 16.4. The highest BCUT2D eigenvalue weighted by molar-refractivity contribution is 5.76. The first-order chi connectivity index (χ1) is 13.7. The summed E-state index contributed by atoms with van der Waals surface area (Å²) in [5.41, 5.74) is 1.86. The molecule has 0 aliphatic rings. The molecule has 0 saturated carbocycles. The fourth-order valence-electron chi connectivity index (χ4n) is 2.79. The van der Waals surface area contributed by atoms with Crippen LogP contribution >= 0.6 is 0 Å². The molecule has 1 N–H and O–H groups in total. The minimum Gasteiger partial charge on any atom is -0.497 e. The van der Waals surface area contributed by atoms with E-state index in [1.165, 1.54) is 0 Å². The Bertz CT molecular complexity index is 923. The molecule has 3 aromatic rings. The Kier molecular flexibility index (Phi) is 6.62. The molecule has 0 radical (unpaired) electrons. The summed E-state index contributed by atoms with van der Waals surface area (Å²) in [7, 11) is 3.24. The lowest BCUT2D eigenvalue weighted by atomic mass is 10.1. The van der Waals surface area contributed by atoms with Crippen molar-refractivity contribution in [2.45, 2.75) is 19.3 Å². The van der Waals surface area contributed by atoms with Gasteiger partial charge in [-0.25, -0.2) is 0 Å². The molecule has 1 amide bonds. The fourth-order valence-corrected chi connectivity index (χ4v) is 2.79. The molecule has 0 unspecified atom stereocenters. The van der Waals surface area contributed by atoms with Crippen LogP contribution in [0.3, 0.4) is 0 Å². The molecule has 1 aromatic heterocycles. The maximum absolute atomic E-state index is 12.1. The van der Waals surface area contributed by atoms with Crippen LogP contribution in [0.15, 0.2) is 53.1 Å². The van der Waals surface area contributed by atoms with Crippen LogP contribution in [-0.4, -0.2) is 36.8 Å². The molecular weight excluding hydrogens is 358 g/mol. The Hall–Kier alpha value is -3.35. The second kappa shape index (κ2) is 9.55. The second-order valence-electron chi connectivity index (χ2n) is 6.16. The van der Waals surface area contributed by atoms with Gasteiger partial charge in [0.05, 0.1) is 14.2 Å². The van der Waals surface area contributed by atoms with Crippen LogP contribution in [0.4, 0.5) is 0 Å². The van der Waals surface area contributed by atoms with Crippen LogP contribution in [0.1, 0.15) is 17.9 Å². The van der Waals surface area contributed by atoms with E-state index in [0.717, 1.165) is 22.6 Å². The van der Waals surface area contributed by atoms with Gasteiger partial charge in [-0.05, 0) is 30.2 Å². The van der Waals surface area contributed by atoms with Crippen molar-refractivity contribution in [1.82, 2.24) is 15.5 Å². The minimum absolute atomic E-state index is 0.0592. The molecule has 28 heavy (non-hydrogen) atoms. The molecule has 0 saturated heterocycles. The smallest absolute Gasteiger partial charge is 0.227 e. The third kappa shape index (κ3) is 5.09. The SMILES string of the molecule is COc1cccc(-c2noc(CCC(=O)NCCc3ccccc3OC)n2)c1. The van der Waals surface area contributed by atoms with Crippen LogP contribution < -0.4 is 14.8 Å². The average molecular weight is 381 g/mol. The lowest BCUT2D eigenvalue weighted by Gasteiger charge is -2.08. The summed E-state index contributed by atoms with van der Waals surface area (Å²) in [6.07, 6.45) is 1.37. The van der Waals surface area contributed by atoms with Crippen molar-refractivity contribution in [1.29, 1.82) is 0 Å². The van der Waals surface area contributed by atoms with Gasteiger partial charge in [0.25, 0.3) is 0 Å². The van der Waals surface area contributed by atoms with E-state index in [2.05, 4.69) is 15.5 Å². The largest absolute Gasteiger partial charge is 0.497 e. The molecule has 3 rings (SSSR count). The molecule has 146 valence electrons. The van der Waals surface area contributed by atoms with Crippen molar-refractivity contribution < 1.29 is 18.8 Å². The summed E-state index contributed by atoms with van der Waals surface area (Å²) in [6.45, 7) is 0.540. The van der Waals surface area contributed by atoms with E-state index in [-0.39, 0.29) is 12.3 Å². The third-order valence-corrected chi connectivity index (χ3v) is 4.27. The first kappa shape index (κ1) is 19.4. The van der Waals surface area contributed by atoms with Crippen molar-refractivity contribution in [3.63, 3.8) is 0 Å². The number of methoxy groups -OCH3 is 2. The summed E-state index contributed by atoms with van der Waals surface area (Å²) in [5, 5.41) is 6.88. The second-order valence-corrected chi connectivity index (χ2v) is 6.16. The molecule has 7 heteroatoms. The van der Waals surface area contributed by atoms with Crippen molar-refractivity contribution >= 4 is 5.91 Å². The van der Waals surface area contributed by atoms with Gasteiger partial charge in [0.15, 0.2) is 0 Å². The summed E-state index contributed by atoms with van der Waals surface area (Å²) < 4.78 is 15.8. The Labute approximate surface area is 163 Å². The van der Waals surface area contributed by atoms with E-state index in [1.807, 2.05) is 48.5 Å². The molecular formula is C21H23N3O4. The predicted octanol–water partition coefficient (Wildman–Crippen LogP) is 3.05. The van der Waals surface area contributed by atoms with Gasteiger partial charge in [-0.15, -0.1) is 0 Å². The molecule has 0 aliphatic heterocycles. The maximum Gasteiger partial charge on any atom is 0.227 e. The Morgan fingerprint density at radius 2 is 1.93 bits per heavy atom. The first-order valence-electron chi connectivity index (χ1n) is 9.05. The zero-order valence-corrected chi connectivity index (χ0v) is 16.0. The van der Waals surface area contributed by atoms with Crippen LogP contribution in [0.25, 0.3) is 11.4 Å². The molecule has 7 nitrogen and oxygen atoms in total. The predicted molar refractivity (Wildman–Crippen MR) is 104 cm³/mol. The molecule has 0 spiro atoms. The Morgan fingerprint density at radius 3 is 2.75 bits per heavy atom. The number of carbonyl (C=O) groups excluding carboxylic acids is 1. The van der Waals surface area contributed by atoms with E-state index in [1.54, 1.807) is 14.2 Å². The highest BCUT2D eigenvalue weighted by Crippen LogP contribution is 2.21. The van der Waals surface area contributed by atoms with E-state index >= 15 is 0 Å². The number of hydrogen-bond acceptors (Lipinski definition) is 6. The number of rotatable bonds is 9. The monoisotopic (exact) mass is 381 g/mol. The summed E-state index contributed by atoms with van der Waals surface area (Å²) in [6, 6.07) is 15.2. The van der Waals surface area contributed by atoms with Crippen LogP contribution in [0, 0.1) is 0 Å². The number of para-hydroxylation sites is 1. The molecule has 0 atom stereocenters. The topological polar surface area (TPSA) is 86.5 Å². The average Bonchev–Trinajstić information content (AvgIpc) is 3.22. The van der Waals surface area contributed by atoms with Crippen molar-refractivity contribution in [2.75, 3.05) is 20.8 Å². The van der Waals surface area contributed by atoms with Crippen molar-refractivity contribution in [3.05, 3.63) is 60.0 Å². The lowest BCUT2D eigenvalue weighted by Crippen LogP contribution is -2.26. The van der Waals surface area contributed by atoms with Crippen LogP contribution in [0.5, 0.6) is 11.5 Å². The number of hydrogen-bond donors (Lipinski definition) is 1. The summed E-state index contributed by atoms with van der Waals surface area (Å²) in [5.74, 6) is 2.39. The Balaban J connectivity index is 1.46. The number of carbonyl (C=O) groups is 1. The lowest BCUT2D eigenvalue weighted by molar-refractivity contribution is -0.121. The van der Waals surface area contributed by atoms with Gasteiger partial charge in [-0.2, -0.15) is 4.98 Å². The number of nitrogens with zero attached hydrogens (tertiary/aromatic N) is 2. The molecule has 1 heterocycles. The van der Waals surface area contributed by atoms with Crippen LogP contribution in [-0.2, 0) is 17.6 Å². The quantitative estimate of drug-likeness (QED) is 0.613. The van der Waals surface area contributed by atoms with E-state index in [4.69, 9.17) is 14.0 Å². The number of aryl methyl sites for hydroxylation is 1. The number of ether oxygens (including phenoxy) is 2. The van der Waals surface area contributed by atoms with Gasteiger partial charge in [0.1, 0.15) is 11.5 Å². The molecule has 0 fully saturated rings. The standard InChI is InChI=1S/C21H23N3O4/c1-26-17-8-5-7-16(14-17)21-23-20(28-24-21)11-10-19(25)22-13-12-15-6-3-4-9-18(15)27-2/h3-9,14H,10-13H2,1-2H3,(H,22,25). The van der Waals surface area contributed by atoms with Crippen molar-refractivity contribution in [3.8, 4) is 22.9 Å². The van der Waals surface area contributed by atoms with Gasteiger partial charge in [-0.3, -0.25) is 4.79 Å². The number of benzene rings is 2. The molecule has 0 bridgehead atoms. The third-order valence-electron chi connectivity index (χ3n) is 4.27. The highest BCUT2D eigenvalue weighted by Gasteiger charge is 2.11. The van der Waals surface area contributed by atoms with Gasteiger partial charge in [-0.1, -0.05) is 35.5 Å². The van der Waals surface area contributed by atoms with Crippen molar-refractivity contribution in [2.24, 2.45) is 0 Å². The van der Waals surface area contributed by atoms with Gasteiger partial charge in [0.2, 0.25) is 17.6 Å². The summed E-state index contributed by atoms with van der Waals surface area (Å²) >= 11 is 0. The van der Waals surface area contributed by atoms with Crippen LogP contribution in [0.2, 0.25) is 0 Å². The van der Waals surface area contributed by atoms with Gasteiger partial charge >= 0.3 is 0 Å². The van der Waals surface area contributed by atoms with E-state index < -0.39 is 0 Å². The zero-order chi connectivity index (χ0) is 19.8. The molecule has 2 aromatic carbocycles. The number of amides is 1. The Morgan fingerprint density at radius 1 is 1.07 bits per heavy atom.